The second-order valence-electron chi connectivity index (χ2n) is 4.00. The fourth-order valence-corrected chi connectivity index (χ4v) is 1.72. The zero-order valence-electron chi connectivity index (χ0n) is 10.2. The van der Waals surface area contributed by atoms with E-state index in [0.717, 1.165) is 25.1 Å². The van der Waals surface area contributed by atoms with Gasteiger partial charge in [0.25, 0.3) is 0 Å². The zero-order valence-corrected chi connectivity index (χ0v) is 10.2. The topological polar surface area (TPSA) is 23.5 Å². The summed E-state index contributed by atoms with van der Waals surface area (Å²) in [6, 6.07) is 8.07. The van der Waals surface area contributed by atoms with Gasteiger partial charge in [0.15, 0.2) is 0 Å². The van der Waals surface area contributed by atoms with Gasteiger partial charge in [-0.05, 0) is 31.0 Å². The van der Waals surface area contributed by atoms with Gasteiger partial charge in [-0.1, -0.05) is 25.1 Å². The molecule has 0 spiro atoms. The molecule has 0 aliphatic carbocycles. The maximum absolute atomic E-state index is 9.43. The number of hydrogen-bond acceptors (Lipinski definition) is 2. The summed E-state index contributed by atoms with van der Waals surface area (Å²) in [4.78, 5) is 2.28. The Bertz CT molecular complexity index is 316. The summed E-state index contributed by atoms with van der Waals surface area (Å²) in [7, 11) is 0. The number of nitrogens with zero attached hydrogens (tertiary/aromatic N) is 1. The lowest BCUT2D eigenvalue weighted by molar-refractivity contribution is 0.199. The highest BCUT2D eigenvalue weighted by Crippen LogP contribution is 2.19. The third-order valence-corrected chi connectivity index (χ3v) is 2.58. The lowest BCUT2D eigenvalue weighted by atomic mass is 10.1. The van der Waals surface area contributed by atoms with Crippen molar-refractivity contribution in [1.82, 2.24) is 0 Å². The van der Waals surface area contributed by atoms with Gasteiger partial charge >= 0.3 is 0 Å². The Morgan fingerprint density at radius 1 is 1.38 bits per heavy atom. The highest BCUT2D eigenvalue weighted by molar-refractivity contribution is 5.48. The van der Waals surface area contributed by atoms with E-state index in [1.54, 1.807) is 6.92 Å². The van der Waals surface area contributed by atoms with E-state index in [1.807, 2.05) is 18.2 Å². The molecule has 1 atom stereocenters. The number of anilines is 1. The van der Waals surface area contributed by atoms with E-state index < -0.39 is 6.10 Å². The lowest BCUT2D eigenvalue weighted by Gasteiger charge is -2.23. The molecule has 1 rings (SSSR count). The fraction of sp³-hybridized carbons (Fsp3) is 0.429. The Hall–Kier alpha value is -1.28. The number of benzene rings is 1. The van der Waals surface area contributed by atoms with Crippen LogP contribution in [0.2, 0.25) is 0 Å². The molecule has 0 unspecified atom stereocenters. The van der Waals surface area contributed by atoms with Gasteiger partial charge in [0.2, 0.25) is 0 Å². The molecule has 0 radical (unpaired) electrons. The molecule has 1 N–H and O–H groups in total. The van der Waals surface area contributed by atoms with Gasteiger partial charge in [-0.3, -0.25) is 0 Å². The summed E-state index contributed by atoms with van der Waals surface area (Å²) in [6.07, 6.45) is 2.64. The molecule has 0 aliphatic rings. The summed E-state index contributed by atoms with van der Waals surface area (Å²) in [5, 5.41) is 9.43. The van der Waals surface area contributed by atoms with Gasteiger partial charge in [0, 0.05) is 18.8 Å². The van der Waals surface area contributed by atoms with Crippen molar-refractivity contribution in [2.45, 2.75) is 26.4 Å². The minimum atomic E-state index is -0.395. The van der Waals surface area contributed by atoms with Gasteiger partial charge in [-0.2, -0.15) is 0 Å². The van der Waals surface area contributed by atoms with Crippen LogP contribution in [0.4, 0.5) is 5.69 Å². The van der Waals surface area contributed by atoms with Crippen LogP contribution in [-0.4, -0.2) is 18.2 Å². The smallest absolute Gasteiger partial charge is 0.0761 e. The van der Waals surface area contributed by atoms with E-state index in [1.165, 1.54) is 5.69 Å². The first kappa shape index (κ1) is 12.8. The average molecular weight is 219 g/mol. The molecule has 0 fully saturated rings. The summed E-state index contributed by atoms with van der Waals surface area (Å²) < 4.78 is 0. The minimum absolute atomic E-state index is 0.395. The Labute approximate surface area is 98.2 Å². The molecule has 2 heteroatoms. The quantitative estimate of drug-likeness (QED) is 0.743. The molecular weight excluding hydrogens is 198 g/mol. The average Bonchev–Trinajstić information content (AvgIpc) is 2.29. The molecule has 0 bridgehead atoms. The van der Waals surface area contributed by atoms with Crippen LogP contribution in [0, 0.1) is 0 Å². The molecular formula is C14H21NO. The third-order valence-electron chi connectivity index (χ3n) is 2.58. The van der Waals surface area contributed by atoms with Gasteiger partial charge in [0.1, 0.15) is 0 Å². The Balaban J connectivity index is 2.80. The summed E-state index contributed by atoms with van der Waals surface area (Å²) in [6.45, 7) is 9.61. The van der Waals surface area contributed by atoms with Crippen LogP contribution in [0.25, 0.3) is 0 Å². The highest BCUT2D eigenvalue weighted by atomic mass is 16.3. The maximum Gasteiger partial charge on any atom is 0.0761 e. The summed E-state index contributed by atoms with van der Waals surface area (Å²) in [5.74, 6) is 0. The van der Waals surface area contributed by atoms with E-state index in [-0.39, 0.29) is 0 Å². The molecule has 0 aliphatic heterocycles. The van der Waals surface area contributed by atoms with Crippen molar-refractivity contribution < 1.29 is 5.11 Å². The van der Waals surface area contributed by atoms with Gasteiger partial charge in [-0.25, -0.2) is 0 Å². The third kappa shape index (κ3) is 3.38. The second kappa shape index (κ2) is 6.33. The second-order valence-corrected chi connectivity index (χ2v) is 4.00. The van der Waals surface area contributed by atoms with Crippen LogP contribution < -0.4 is 4.90 Å². The molecule has 0 heterocycles. The van der Waals surface area contributed by atoms with Gasteiger partial charge in [0.05, 0.1) is 6.10 Å². The number of rotatable bonds is 6. The molecule has 16 heavy (non-hydrogen) atoms. The molecule has 0 aromatic heterocycles. The van der Waals surface area contributed by atoms with Crippen LogP contribution in [0.3, 0.4) is 0 Å². The summed E-state index contributed by atoms with van der Waals surface area (Å²) >= 11 is 0. The zero-order chi connectivity index (χ0) is 12.0. The molecule has 1 aromatic rings. The van der Waals surface area contributed by atoms with Crippen LogP contribution in [0.5, 0.6) is 0 Å². The molecule has 2 nitrogen and oxygen atoms in total. The molecule has 0 amide bonds. The first-order valence-corrected chi connectivity index (χ1v) is 5.83. The van der Waals surface area contributed by atoms with Crippen molar-refractivity contribution in [1.29, 1.82) is 0 Å². The Morgan fingerprint density at radius 3 is 2.44 bits per heavy atom. The van der Waals surface area contributed by atoms with Crippen molar-refractivity contribution in [3.8, 4) is 0 Å². The Kier molecular flexibility index (Phi) is 5.06. The molecule has 88 valence electrons. The normalized spacial score (nSPS) is 12.2. The number of aliphatic hydroxyl groups excluding tert-OH is 1. The van der Waals surface area contributed by atoms with Crippen LogP contribution >= 0.6 is 0 Å². The molecule has 0 saturated heterocycles. The summed E-state index contributed by atoms with van der Waals surface area (Å²) in [5.41, 5.74) is 2.14. The first-order chi connectivity index (χ1) is 7.69. The number of aliphatic hydroxyl groups is 1. The first-order valence-electron chi connectivity index (χ1n) is 5.83. The largest absolute Gasteiger partial charge is 0.389 e. The van der Waals surface area contributed by atoms with E-state index in [0.29, 0.717) is 0 Å². The van der Waals surface area contributed by atoms with Gasteiger partial charge < -0.3 is 10.0 Å². The van der Waals surface area contributed by atoms with Crippen LogP contribution in [0.1, 0.15) is 31.9 Å². The Morgan fingerprint density at radius 2 is 2.00 bits per heavy atom. The van der Waals surface area contributed by atoms with Crippen molar-refractivity contribution in [2.24, 2.45) is 0 Å². The van der Waals surface area contributed by atoms with E-state index in [2.05, 4.69) is 30.5 Å². The number of hydrogen-bond donors (Lipinski definition) is 1. The molecule has 1 aromatic carbocycles. The van der Waals surface area contributed by atoms with Crippen molar-refractivity contribution in [3.05, 3.63) is 42.5 Å². The monoisotopic (exact) mass is 219 g/mol. The van der Waals surface area contributed by atoms with Crippen molar-refractivity contribution >= 4 is 5.69 Å². The van der Waals surface area contributed by atoms with E-state index >= 15 is 0 Å². The van der Waals surface area contributed by atoms with Crippen molar-refractivity contribution in [2.75, 3.05) is 18.0 Å². The predicted molar refractivity (Wildman–Crippen MR) is 69.8 cm³/mol. The van der Waals surface area contributed by atoms with Crippen LogP contribution in [-0.2, 0) is 0 Å². The van der Waals surface area contributed by atoms with Crippen molar-refractivity contribution in [3.63, 3.8) is 0 Å². The van der Waals surface area contributed by atoms with E-state index in [4.69, 9.17) is 0 Å². The molecule has 0 saturated carbocycles. The highest BCUT2D eigenvalue weighted by Gasteiger charge is 2.05. The van der Waals surface area contributed by atoms with Crippen LogP contribution in [0.15, 0.2) is 36.9 Å². The lowest BCUT2D eigenvalue weighted by Crippen LogP contribution is -2.23. The standard InChI is InChI=1S/C14H21NO/c1-4-10-15(11-5-2)14-8-6-13(7-9-14)12(3)16/h4,6-9,12,16H,1,5,10-11H2,2-3H3/t12-/m1/s1. The van der Waals surface area contributed by atoms with Gasteiger partial charge in [-0.15, -0.1) is 6.58 Å². The fourth-order valence-electron chi connectivity index (χ4n) is 1.72. The maximum atomic E-state index is 9.43. The minimum Gasteiger partial charge on any atom is -0.389 e. The van der Waals surface area contributed by atoms with E-state index in [9.17, 15) is 5.11 Å². The SMILES string of the molecule is C=CCN(CCC)c1ccc([C@@H](C)O)cc1. The predicted octanol–water partition coefficient (Wildman–Crippen LogP) is 3.14.